The van der Waals surface area contributed by atoms with E-state index in [-0.39, 0.29) is 12.1 Å². The topological polar surface area (TPSA) is 106 Å². The molecule has 3 aliphatic rings. The fourth-order valence-corrected chi connectivity index (χ4v) is 6.61. The lowest BCUT2D eigenvalue weighted by atomic mass is 9.82. The number of ether oxygens (including phenoxy) is 1. The molecule has 0 saturated carbocycles. The molecular formula is C30H35FN8O. The summed E-state index contributed by atoms with van der Waals surface area (Å²) in [5, 5.41) is 12.5. The first kappa shape index (κ1) is 25.4. The molecule has 2 aromatic carbocycles. The maximum atomic E-state index is 15.0. The van der Waals surface area contributed by atoms with Crippen LogP contribution in [-0.2, 0) is 0 Å². The average molecular weight is 543 g/mol. The van der Waals surface area contributed by atoms with E-state index in [1.807, 2.05) is 54.6 Å². The first-order valence-electron chi connectivity index (χ1n) is 14.3. The average Bonchev–Trinajstić information content (AvgIpc) is 3.35. The Morgan fingerprint density at radius 3 is 2.45 bits per heavy atom. The van der Waals surface area contributed by atoms with Gasteiger partial charge in [0.25, 0.3) is 0 Å². The lowest BCUT2D eigenvalue weighted by Gasteiger charge is -2.51. The van der Waals surface area contributed by atoms with Crippen molar-refractivity contribution in [1.29, 1.82) is 0 Å². The van der Waals surface area contributed by atoms with Gasteiger partial charge in [-0.05, 0) is 68.1 Å². The van der Waals surface area contributed by atoms with E-state index in [0.717, 1.165) is 79.2 Å². The van der Waals surface area contributed by atoms with Crippen LogP contribution in [0.15, 0.2) is 60.9 Å². The van der Waals surface area contributed by atoms with Gasteiger partial charge < -0.3 is 21.1 Å². The van der Waals surface area contributed by atoms with Crippen LogP contribution in [-0.4, -0.2) is 75.6 Å². The van der Waals surface area contributed by atoms with Gasteiger partial charge >= 0.3 is 0 Å². The van der Waals surface area contributed by atoms with Gasteiger partial charge in [-0.2, -0.15) is 5.10 Å². The van der Waals surface area contributed by atoms with Crippen molar-refractivity contribution in [1.82, 2.24) is 35.3 Å². The van der Waals surface area contributed by atoms with Gasteiger partial charge in [-0.25, -0.2) is 19.0 Å². The Labute approximate surface area is 232 Å². The van der Waals surface area contributed by atoms with Crippen molar-refractivity contribution in [2.75, 3.05) is 38.5 Å². The molecule has 0 bridgehead atoms. The molecule has 4 aromatic rings. The van der Waals surface area contributed by atoms with E-state index in [9.17, 15) is 0 Å². The lowest BCUT2D eigenvalue weighted by Crippen LogP contribution is -2.63. The number of hydrogen-bond donors (Lipinski definition) is 3. The number of nitrogens with zero attached hydrogens (tertiary/aromatic N) is 5. The summed E-state index contributed by atoms with van der Waals surface area (Å²) < 4.78 is 23.1. The minimum absolute atomic E-state index is 0.0210. The van der Waals surface area contributed by atoms with Crippen molar-refractivity contribution in [2.24, 2.45) is 5.92 Å². The number of piperidine rings is 2. The van der Waals surface area contributed by atoms with E-state index < -0.39 is 6.17 Å². The van der Waals surface area contributed by atoms with Crippen LogP contribution in [0.25, 0.3) is 22.3 Å². The van der Waals surface area contributed by atoms with E-state index >= 15 is 4.39 Å². The van der Waals surface area contributed by atoms with Gasteiger partial charge in [0.1, 0.15) is 35.5 Å². The molecule has 5 heterocycles. The first-order valence-corrected chi connectivity index (χ1v) is 14.3. The van der Waals surface area contributed by atoms with Crippen LogP contribution in [0.3, 0.4) is 0 Å². The van der Waals surface area contributed by atoms with Gasteiger partial charge in [0.15, 0.2) is 5.65 Å². The number of nitrogens with two attached hydrogens (primary N) is 1. The summed E-state index contributed by atoms with van der Waals surface area (Å²) in [5.41, 5.74) is 8.87. The third-order valence-electron chi connectivity index (χ3n) is 8.79. The van der Waals surface area contributed by atoms with Gasteiger partial charge in [0.05, 0.1) is 11.4 Å². The van der Waals surface area contributed by atoms with Gasteiger partial charge in [0, 0.05) is 43.8 Å². The van der Waals surface area contributed by atoms with E-state index in [4.69, 9.17) is 15.6 Å². The number of halogens is 1. The highest BCUT2D eigenvalue weighted by atomic mass is 19.1. The van der Waals surface area contributed by atoms with Crippen LogP contribution in [0.5, 0.6) is 11.5 Å². The van der Waals surface area contributed by atoms with Gasteiger partial charge in [-0.1, -0.05) is 18.2 Å². The largest absolute Gasteiger partial charge is 0.457 e. The molecule has 208 valence electrons. The molecule has 3 aliphatic heterocycles. The normalized spacial score (nSPS) is 26.0. The monoisotopic (exact) mass is 542 g/mol. The number of nitrogens with one attached hydrogen (secondary N) is 2. The Balaban J connectivity index is 1.19. The predicted molar refractivity (Wildman–Crippen MR) is 153 cm³/mol. The smallest absolute Gasteiger partial charge is 0.164 e. The Morgan fingerprint density at radius 2 is 1.70 bits per heavy atom. The Morgan fingerprint density at radius 1 is 0.900 bits per heavy atom. The minimum atomic E-state index is -0.834. The Hall–Kier alpha value is -3.60. The van der Waals surface area contributed by atoms with Crippen molar-refractivity contribution in [3.63, 3.8) is 0 Å². The summed E-state index contributed by atoms with van der Waals surface area (Å²) >= 11 is 0. The van der Waals surface area contributed by atoms with Gasteiger partial charge in [0.2, 0.25) is 0 Å². The van der Waals surface area contributed by atoms with Crippen molar-refractivity contribution in [3.05, 3.63) is 60.9 Å². The molecule has 2 aromatic heterocycles. The number of rotatable bonds is 6. The zero-order valence-electron chi connectivity index (χ0n) is 22.4. The number of para-hydroxylation sites is 1. The molecule has 3 fully saturated rings. The van der Waals surface area contributed by atoms with Crippen LogP contribution in [0.4, 0.5) is 10.2 Å². The van der Waals surface area contributed by atoms with Crippen LogP contribution < -0.4 is 21.1 Å². The van der Waals surface area contributed by atoms with Crippen molar-refractivity contribution < 1.29 is 9.13 Å². The molecule has 9 nitrogen and oxygen atoms in total. The van der Waals surface area contributed by atoms with Crippen molar-refractivity contribution >= 4 is 16.9 Å². The zero-order chi connectivity index (χ0) is 27.1. The van der Waals surface area contributed by atoms with Crippen LogP contribution in [0, 0.1) is 5.92 Å². The highest BCUT2D eigenvalue weighted by Crippen LogP contribution is 2.39. The number of fused-ring (bicyclic) bond motifs is 1. The zero-order valence-corrected chi connectivity index (χ0v) is 22.4. The lowest BCUT2D eigenvalue weighted by molar-refractivity contribution is -0.0187. The Bertz CT molecular complexity index is 1460. The number of benzene rings is 2. The molecule has 40 heavy (non-hydrogen) atoms. The summed E-state index contributed by atoms with van der Waals surface area (Å²) in [6.07, 6.45) is 3.33. The standard InChI is InChI=1S/C30H35FN8O/c31-24-17-33-12-10-25(24)38-13-11-21(14-26(38)20-15-34-16-20)39-30-27(29(32)35-18-36-30)28(37-39)19-6-8-23(9-7-19)40-22-4-2-1-3-5-22/h1-9,18,20-21,24-26,33-34H,10-17H2,(H2,32,35,36)/t21?,24?,25?,26-/m1/s1. The summed E-state index contributed by atoms with van der Waals surface area (Å²) in [6.45, 7) is 4.12. The van der Waals surface area contributed by atoms with E-state index in [2.05, 4.69) is 30.2 Å². The highest BCUT2D eigenvalue weighted by molar-refractivity contribution is 5.98. The van der Waals surface area contributed by atoms with Crippen LogP contribution in [0.1, 0.15) is 25.3 Å². The molecule has 4 N–H and O–H groups in total. The quantitative estimate of drug-likeness (QED) is 0.338. The molecule has 0 amide bonds. The minimum Gasteiger partial charge on any atom is -0.457 e. The van der Waals surface area contributed by atoms with Crippen molar-refractivity contribution in [3.8, 4) is 22.8 Å². The van der Waals surface area contributed by atoms with Gasteiger partial charge in [-0.3, -0.25) is 4.90 Å². The van der Waals surface area contributed by atoms with E-state index in [1.165, 1.54) is 6.33 Å². The molecule has 0 spiro atoms. The first-order chi connectivity index (χ1) is 19.7. The van der Waals surface area contributed by atoms with Crippen molar-refractivity contribution in [2.45, 2.75) is 43.6 Å². The molecule has 3 unspecified atom stereocenters. The van der Waals surface area contributed by atoms with Gasteiger partial charge in [-0.15, -0.1) is 0 Å². The molecule has 3 saturated heterocycles. The molecule has 0 aliphatic carbocycles. The summed E-state index contributed by atoms with van der Waals surface area (Å²) in [7, 11) is 0. The fourth-order valence-electron chi connectivity index (χ4n) is 6.61. The van der Waals surface area contributed by atoms with Crippen LogP contribution >= 0.6 is 0 Å². The highest BCUT2D eigenvalue weighted by Gasteiger charge is 2.43. The molecule has 10 heteroatoms. The second-order valence-electron chi connectivity index (χ2n) is 11.2. The number of aromatic nitrogens is 4. The summed E-state index contributed by atoms with van der Waals surface area (Å²) in [5.74, 6) is 2.47. The molecule has 0 radical (unpaired) electrons. The number of alkyl halides is 1. The number of nitrogen functional groups attached to an aromatic ring is 1. The second-order valence-corrected chi connectivity index (χ2v) is 11.2. The molecular weight excluding hydrogens is 507 g/mol. The molecule has 7 rings (SSSR count). The predicted octanol–water partition coefficient (Wildman–Crippen LogP) is 3.79. The number of anilines is 1. The SMILES string of the molecule is Nc1ncnc2c1c(-c1ccc(Oc3ccccc3)cc1)nn2C1CCN(C2CCNCC2F)[C@@H](C2CNC2)C1. The Kier molecular flexibility index (Phi) is 6.82. The summed E-state index contributed by atoms with van der Waals surface area (Å²) in [6, 6.07) is 18.0. The second kappa shape index (κ2) is 10.8. The summed E-state index contributed by atoms with van der Waals surface area (Å²) in [4.78, 5) is 11.4. The third-order valence-corrected chi connectivity index (χ3v) is 8.79. The fraction of sp³-hybridized carbons (Fsp3) is 0.433. The third kappa shape index (κ3) is 4.70. The molecule has 4 atom stereocenters. The van der Waals surface area contributed by atoms with E-state index in [0.29, 0.717) is 24.3 Å². The van der Waals surface area contributed by atoms with E-state index in [1.54, 1.807) is 0 Å². The number of hydrogen-bond acceptors (Lipinski definition) is 8. The maximum Gasteiger partial charge on any atom is 0.164 e. The maximum absolute atomic E-state index is 15.0. The number of likely N-dealkylation sites (tertiary alicyclic amines) is 1. The van der Waals surface area contributed by atoms with Crippen LogP contribution in [0.2, 0.25) is 0 Å².